The average molecular weight is 1010 g/mol. The molecule has 2 atom stereocenters. The van der Waals surface area contributed by atoms with E-state index in [4.69, 9.17) is 0 Å². The lowest BCUT2D eigenvalue weighted by molar-refractivity contribution is 0.355. The highest BCUT2D eigenvalue weighted by Crippen LogP contribution is 2.58. The minimum Gasteiger partial charge on any atom is -0.242 e. The molecule has 0 spiro atoms. The van der Waals surface area contributed by atoms with Gasteiger partial charge in [-0.1, -0.05) is 331 Å². The van der Waals surface area contributed by atoms with Crippen molar-refractivity contribution in [1.29, 1.82) is 0 Å². The highest BCUT2D eigenvalue weighted by Gasteiger charge is 2.42. The van der Waals surface area contributed by atoms with E-state index in [1.807, 2.05) is 0 Å². The zero-order valence-corrected chi connectivity index (χ0v) is 51.2. The molecule has 0 saturated heterocycles. The molecule has 5 rings (SSSR count). The summed E-state index contributed by atoms with van der Waals surface area (Å²) in [5, 5.41) is 13.4. The van der Waals surface area contributed by atoms with Gasteiger partial charge in [0.05, 0.1) is 32.3 Å². The van der Waals surface area contributed by atoms with E-state index < -0.39 is 48.4 Å². The lowest BCUT2D eigenvalue weighted by Gasteiger charge is -2.47. The quantitative estimate of drug-likeness (QED) is 0.0387. The summed E-state index contributed by atoms with van der Waals surface area (Å²) in [5.41, 5.74) is 0. The van der Waals surface area contributed by atoms with Gasteiger partial charge in [0.25, 0.3) is 0 Å². The van der Waals surface area contributed by atoms with Gasteiger partial charge in [-0.2, -0.15) is 0 Å². The molecule has 1 aliphatic rings. The van der Waals surface area contributed by atoms with Gasteiger partial charge in [-0.15, -0.1) is 0 Å². The van der Waals surface area contributed by atoms with E-state index in [1.165, 1.54) is 145 Å². The molecule has 370 valence electrons. The highest BCUT2D eigenvalue weighted by atomic mass is 31.2. The molecule has 0 aliphatic heterocycles. The number of nitrogens with zero attached hydrogens (tertiary/aromatic N) is 1. The van der Waals surface area contributed by atoms with Gasteiger partial charge in [-0.25, -0.2) is 4.44 Å². The molecule has 0 aromatic heterocycles. The van der Waals surface area contributed by atoms with Crippen molar-refractivity contribution in [1.82, 2.24) is 4.44 Å². The van der Waals surface area contributed by atoms with Gasteiger partial charge in [-0.05, 0) is 34.1 Å². The molecule has 1 saturated carbocycles. The molecule has 4 aromatic rings. The fraction of sp³-hybridized carbons (Fsp3) is 0.600. The molecule has 4 aromatic carbocycles. The number of unbranched alkanes of at least 4 members (excludes halogenated alkanes) is 6. The minimum absolute atomic E-state index is 0.550. The third kappa shape index (κ3) is 14.8. The molecule has 1 aliphatic carbocycles. The van der Waals surface area contributed by atoms with Gasteiger partial charge in [0.2, 0.25) is 0 Å². The largest absolute Gasteiger partial charge is 0.242 e. The first kappa shape index (κ1) is 56.5. The van der Waals surface area contributed by atoms with Gasteiger partial charge < -0.3 is 0 Å². The SMILES string of the molecule is CCCC[Si](CCCC)(CCCC)c1ccc(P(c2ccccc2[Si](C)(C)C)N(C2CCCCC2)P(c2ccc([Si](CCCC)(CCCC)CCCC)cc2)c2ccccc2[Si](C)(C)C)cc1. The first-order valence-electron chi connectivity index (χ1n) is 28.0. The molecule has 0 radical (unpaired) electrons. The summed E-state index contributed by atoms with van der Waals surface area (Å²) in [6.45, 7) is 30.1. The Morgan fingerprint density at radius 2 is 0.701 bits per heavy atom. The maximum Gasteiger partial charge on any atom is 0.0867 e. The molecule has 7 heteroatoms. The lowest BCUT2D eigenvalue weighted by atomic mass is 9.96. The Hall–Kier alpha value is -1.43. The smallest absolute Gasteiger partial charge is 0.0867 e. The van der Waals surface area contributed by atoms with Crippen LogP contribution in [0.1, 0.15) is 151 Å². The Morgan fingerprint density at radius 3 is 0.985 bits per heavy atom. The van der Waals surface area contributed by atoms with Crippen LogP contribution in [0.15, 0.2) is 97.1 Å². The summed E-state index contributed by atoms with van der Waals surface area (Å²) in [7, 11) is -8.51. The first-order valence-corrected chi connectivity index (χ1v) is 42.9. The van der Waals surface area contributed by atoms with Crippen LogP contribution in [0.5, 0.6) is 0 Å². The fourth-order valence-electron chi connectivity index (χ4n) is 11.7. The Labute approximate surface area is 421 Å². The molecular formula is C60H99NP2Si4. The summed E-state index contributed by atoms with van der Waals surface area (Å²) in [5.74, 6) is 0. The molecule has 0 N–H and O–H groups in total. The van der Waals surface area contributed by atoms with E-state index in [0.717, 1.165) is 0 Å². The van der Waals surface area contributed by atoms with E-state index >= 15 is 0 Å². The zero-order chi connectivity index (χ0) is 48.5. The van der Waals surface area contributed by atoms with Crippen molar-refractivity contribution in [2.24, 2.45) is 0 Å². The number of hydrogen-bond acceptors (Lipinski definition) is 1. The summed E-state index contributed by atoms with van der Waals surface area (Å²) in [4.78, 5) is 0. The van der Waals surface area contributed by atoms with Crippen LogP contribution in [0.25, 0.3) is 0 Å². The van der Waals surface area contributed by atoms with Crippen LogP contribution in [-0.4, -0.2) is 42.8 Å². The second-order valence-electron chi connectivity index (χ2n) is 23.0. The maximum atomic E-state index is 3.30. The maximum absolute atomic E-state index is 3.30. The van der Waals surface area contributed by atoms with Gasteiger partial charge in [-0.3, -0.25) is 0 Å². The molecule has 1 nitrogen and oxygen atoms in total. The average Bonchev–Trinajstić information content (AvgIpc) is 3.34. The minimum atomic E-state index is -1.74. The molecule has 67 heavy (non-hydrogen) atoms. The van der Waals surface area contributed by atoms with E-state index in [0.29, 0.717) is 6.04 Å². The topological polar surface area (TPSA) is 3.24 Å². The number of benzene rings is 4. The summed E-state index contributed by atoms with van der Waals surface area (Å²) >= 11 is 0. The van der Waals surface area contributed by atoms with Crippen LogP contribution in [0.3, 0.4) is 0 Å². The van der Waals surface area contributed by atoms with Crippen molar-refractivity contribution in [2.45, 2.75) is 232 Å². The van der Waals surface area contributed by atoms with Gasteiger partial charge in [0.1, 0.15) is 0 Å². The van der Waals surface area contributed by atoms with Crippen LogP contribution in [0, 0.1) is 0 Å². The van der Waals surface area contributed by atoms with Crippen molar-refractivity contribution in [2.75, 3.05) is 0 Å². The van der Waals surface area contributed by atoms with Crippen molar-refractivity contribution >= 4 is 90.4 Å². The van der Waals surface area contributed by atoms with Crippen LogP contribution in [-0.2, 0) is 0 Å². The second-order valence-corrected chi connectivity index (χ2v) is 46.8. The highest BCUT2D eigenvalue weighted by molar-refractivity contribution is 7.85. The Balaban J connectivity index is 1.86. The van der Waals surface area contributed by atoms with Crippen molar-refractivity contribution in [3.8, 4) is 0 Å². The molecule has 0 heterocycles. The van der Waals surface area contributed by atoms with E-state index in [2.05, 4.69) is 182 Å². The predicted molar refractivity (Wildman–Crippen MR) is 322 cm³/mol. The number of hydrogen-bond donors (Lipinski definition) is 0. The van der Waals surface area contributed by atoms with Crippen LogP contribution in [0.2, 0.25) is 75.5 Å². The number of rotatable bonds is 29. The monoisotopic (exact) mass is 1010 g/mol. The van der Waals surface area contributed by atoms with E-state index in [1.54, 1.807) is 42.0 Å². The Bertz CT molecular complexity index is 1830. The Morgan fingerprint density at radius 1 is 0.403 bits per heavy atom. The second kappa shape index (κ2) is 27.4. The molecular weight excluding hydrogens is 909 g/mol. The molecule has 0 bridgehead atoms. The predicted octanol–water partition coefficient (Wildman–Crippen LogP) is 15.9. The third-order valence-corrected chi connectivity index (χ3v) is 37.0. The molecule has 0 amide bonds. The molecule has 2 unspecified atom stereocenters. The lowest BCUT2D eigenvalue weighted by Crippen LogP contribution is -2.52. The normalized spacial score (nSPS) is 15.3. The van der Waals surface area contributed by atoms with E-state index in [-0.39, 0.29) is 0 Å². The van der Waals surface area contributed by atoms with Gasteiger partial charge >= 0.3 is 0 Å². The fourth-order valence-corrected chi connectivity index (χ4v) is 34.8. The zero-order valence-electron chi connectivity index (χ0n) is 45.4. The summed E-state index contributed by atoms with van der Waals surface area (Å²) in [6.07, 6.45) is 22.8. The van der Waals surface area contributed by atoms with Crippen LogP contribution < -0.4 is 42.0 Å². The van der Waals surface area contributed by atoms with Gasteiger partial charge in [0, 0.05) is 22.2 Å². The van der Waals surface area contributed by atoms with Crippen LogP contribution >= 0.6 is 16.1 Å². The first-order chi connectivity index (χ1) is 32.2. The summed E-state index contributed by atoms with van der Waals surface area (Å²) in [6, 6.07) is 51.0. The Kier molecular flexibility index (Phi) is 23.1. The molecule has 1 fully saturated rings. The van der Waals surface area contributed by atoms with Crippen molar-refractivity contribution in [3.63, 3.8) is 0 Å². The van der Waals surface area contributed by atoms with E-state index in [9.17, 15) is 0 Å². The van der Waals surface area contributed by atoms with Crippen LogP contribution in [0.4, 0.5) is 0 Å². The standard InChI is InChI=1S/C60H99NP2Si4/c1-13-19-46-66(47-20-14-2,48-21-15-3)55-42-38-53(39-43-55)62(57-34-28-30-36-59(57)64(7,8)9)61(52-32-26-25-27-33-52)63(58-35-29-31-37-60(58)65(10,11)12)54-40-44-56(45-41-54)67(49-22-16-4,50-23-17-5)51-24-18-6/h28-31,34-45,52H,13-27,32-33,46-51H2,1-12H3. The van der Waals surface area contributed by atoms with Gasteiger partial charge in [0.15, 0.2) is 0 Å². The third-order valence-electron chi connectivity index (χ3n) is 15.7. The summed E-state index contributed by atoms with van der Waals surface area (Å²) < 4.78 is 3.30. The van der Waals surface area contributed by atoms with Crippen molar-refractivity contribution < 1.29 is 0 Å². The van der Waals surface area contributed by atoms with Crippen molar-refractivity contribution in [3.05, 3.63) is 97.1 Å².